The van der Waals surface area contributed by atoms with Crippen molar-refractivity contribution in [3.63, 3.8) is 0 Å². The molecule has 2 aliphatic carbocycles. The van der Waals surface area contributed by atoms with Gasteiger partial charge in [-0.3, -0.25) is 0 Å². The molecule has 0 unspecified atom stereocenters. The van der Waals surface area contributed by atoms with Crippen LogP contribution in [0, 0.1) is 13.8 Å². The summed E-state index contributed by atoms with van der Waals surface area (Å²) < 4.78 is 0. The molecule has 0 aromatic heterocycles. The largest absolute Gasteiger partial charge is 0.310 e. The summed E-state index contributed by atoms with van der Waals surface area (Å²) in [6, 6.07) is 93.7. The number of hydrogen-bond donors (Lipinski definition) is 0. The lowest BCUT2D eigenvalue weighted by Gasteiger charge is -2.32. The summed E-state index contributed by atoms with van der Waals surface area (Å²) in [5.74, 6) is 0. The van der Waals surface area contributed by atoms with Crippen LogP contribution in [0.1, 0.15) is 61.1 Å². The first kappa shape index (κ1) is 46.8. The molecule has 0 aliphatic heterocycles. The number of rotatable bonds is 10. The Morgan fingerprint density at radius 1 is 0.250 bits per heavy atom. The van der Waals surface area contributed by atoms with Crippen molar-refractivity contribution in [2.75, 3.05) is 9.80 Å². The molecule has 0 atom stereocenters. The Kier molecular flexibility index (Phi) is 11.4. The summed E-state index contributed by atoms with van der Waals surface area (Å²) in [4.78, 5) is 4.92. The SMILES string of the molecule is Cc1cc(N(c2ccc(-c3ccccc3)cc2)c2cccc(-c3ccccc3)c2)cc2c1-c1ccc3c(c1C2(C)C)C(C)(C)c1cc(N(c2ccc(-c4ccccc4)cc2)c2cccc(-c4ccccc4)c2)cc(C)c1-3. The predicted molar refractivity (Wildman–Crippen MR) is 322 cm³/mol. The number of fused-ring (bicyclic) bond motifs is 7. The fraction of sp³-hybridized carbons (Fsp3) is 0.108. The van der Waals surface area contributed by atoms with Crippen LogP contribution in [0.3, 0.4) is 0 Å². The van der Waals surface area contributed by atoms with E-state index in [0.717, 1.165) is 34.1 Å². The van der Waals surface area contributed by atoms with Gasteiger partial charge in [0.25, 0.3) is 0 Å². The van der Waals surface area contributed by atoms with E-state index in [1.165, 1.54) is 100 Å². The van der Waals surface area contributed by atoms with Crippen LogP contribution >= 0.6 is 0 Å². The van der Waals surface area contributed by atoms with Gasteiger partial charge in [0.1, 0.15) is 0 Å². The summed E-state index contributed by atoms with van der Waals surface area (Å²) in [5, 5.41) is 0. The van der Waals surface area contributed by atoms with Gasteiger partial charge in [0, 0.05) is 45.0 Å². The lowest BCUT2D eigenvalue weighted by atomic mass is 9.72. The zero-order chi connectivity index (χ0) is 51.7. The van der Waals surface area contributed by atoms with Crippen LogP contribution in [0.15, 0.2) is 255 Å². The van der Waals surface area contributed by atoms with E-state index in [0.29, 0.717) is 0 Å². The lowest BCUT2D eigenvalue weighted by Crippen LogP contribution is -2.24. The molecule has 2 heteroatoms. The van der Waals surface area contributed by atoms with Gasteiger partial charge in [-0.25, -0.2) is 0 Å². The molecular weight excluding hydrogens is 917 g/mol. The first-order valence-electron chi connectivity index (χ1n) is 26.7. The van der Waals surface area contributed by atoms with E-state index >= 15 is 0 Å². The molecule has 0 heterocycles. The summed E-state index contributed by atoms with van der Waals surface area (Å²) in [6.45, 7) is 14.5. The van der Waals surface area contributed by atoms with Crippen molar-refractivity contribution in [3.05, 3.63) is 288 Å². The molecule has 2 aliphatic rings. The Morgan fingerprint density at radius 2 is 0.553 bits per heavy atom. The quantitative estimate of drug-likeness (QED) is 0.135. The minimum atomic E-state index is -0.300. The average Bonchev–Trinajstić information content (AvgIpc) is 3.89. The minimum absolute atomic E-state index is 0.300. The topological polar surface area (TPSA) is 6.48 Å². The summed E-state index contributed by atoms with van der Waals surface area (Å²) in [6.07, 6.45) is 0. The van der Waals surface area contributed by atoms with Crippen molar-refractivity contribution in [3.8, 4) is 66.8 Å². The van der Waals surface area contributed by atoms with Crippen LogP contribution in [0.4, 0.5) is 34.1 Å². The van der Waals surface area contributed by atoms with E-state index in [2.05, 4.69) is 306 Å². The Balaban J connectivity index is 0.924. The highest BCUT2D eigenvalue weighted by Crippen LogP contribution is 2.61. The lowest BCUT2D eigenvalue weighted by molar-refractivity contribution is 0.601. The van der Waals surface area contributed by atoms with Gasteiger partial charge in [-0.1, -0.05) is 210 Å². The third kappa shape index (κ3) is 7.87. The van der Waals surface area contributed by atoms with Gasteiger partial charge in [0.15, 0.2) is 0 Å². The maximum atomic E-state index is 2.50. The number of hydrogen-bond acceptors (Lipinski definition) is 2. The van der Waals surface area contributed by atoms with Gasteiger partial charge in [-0.15, -0.1) is 0 Å². The third-order valence-corrected chi connectivity index (χ3v) is 16.4. The van der Waals surface area contributed by atoms with Gasteiger partial charge in [0.2, 0.25) is 0 Å². The monoisotopic (exact) mass is 976 g/mol. The maximum absolute atomic E-state index is 2.50. The summed E-state index contributed by atoms with van der Waals surface area (Å²) >= 11 is 0. The maximum Gasteiger partial charge on any atom is 0.0467 e. The summed E-state index contributed by atoms with van der Waals surface area (Å²) in [5.41, 5.74) is 29.4. The molecule has 0 amide bonds. The molecule has 0 radical (unpaired) electrons. The molecule has 0 bridgehead atoms. The molecule has 0 N–H and O–H groups in total. The number of aryl methyl sites for hydroxylation is 2. The predicted octanol–water partition coefficient (Wildman–Crippen LogP) is 20.5. The van der Waals surface area contributed by atoms with E-state index in [4.69, 9.17) is 0 Å². The van der Waals surface area contributed by atoms with E-state index in [9.17, 15) is 0 Å². The van der Waals surface area contributed by atoms with Crippen LogP contribution in [0.2, 0.25) is 0 Å². The molecule has 0 saturated heterocycles. The van der Waals surface area contributed by atoms with Crippen molar-refractivity contribution in [1.29, 1.82) is 0 Å². The van der Waals surface area contributed by atoms with E-state index in [-0.39, 0.29) is 10.8 Å². The molecular formula is C74H60N2. The van der Waals surface area contributed by atoms with Crippen LogP contribution in [-0.2, 0) is 10.8 Å². The first-order valence-corrected chi connectivity index (χ1v) is 26.7. The van der Waals surface area contributed by atoms with Gasteiger partial charge in [-0.2, -0.15) is 0 Å². The smallest absolute Gasteiger partial charge is 0.0467 e. The molecule has 11 aromatic carbocycles. The van der Waals surface area contributed by atoms with Crippen molar-refractivity contribution < 1.29 is 0 Å². The molecule has 0 spiro atoms. The molecule has 0 saturated carbocycles. The van der Waals surface area contributed by atoms with Gasteiger partial charge < -0.3 is 9.80 Å². The molecule has 2 nitrogen and oxygen atoms in total. The Bertz CT molecular complexity index is 3700. The van der Waals surface area contributed by atoms with Crippen LogP contribution in [-0.4, -0.2) is 0 Å². The molecule has 11 aromatic rings. The second kappa shape index (κ2) is 18.4. The van der Waals surface area contributed by atoms with Crippen molar-refractivity contribution >= 4 is 34.1 Å². The molecule has 76 heavy (non-hydrogen) atoms. The molecule has 13 rings (SSSR count). The Hall–Kier alpha value is -8.98. The zero-order valence-corrected chi connectivity index (χ0v) is 44.1. The Morgan fingerprint density at radius 3 is 0.895 bits per heavy atom. The molecule has 0 fully saturated rings. The van der Waals surface area contributed by atoms with Crippen LogP contribution in [0.5, 0.6) is 0 Å². The van der Waals surface area contributed by atoms with Crippen molar-refractivity contribution in [2.45, 2.75) is 52.4 Å². The Labute approximate surface area is 448 Å². The second-order valence-electron chi connectivity index (χ2n) is 21.9. The van der Waals surface area contributed by atoms with Crippen molar-refractivity contribution in [2.24, 2.45) is 0 Å². The zero-order valence-electron chi connectivity index (χ0n) is 44.1. The van der Waals surface area contributed by atoms with Crippen molar-refractivity contribution in [1.82, 2.24) is 0 Å². The second-order valence-corrected chi connectivity index (χ2v) is 21.9. The van der Waals surface area contributed by atoms with E-state index < -0.39 is 0 Å². The fourth-order valence-corrected chi connectivity index (χ4v) is 12.8. The highest BCUT2D eigenvalue weighted by molar-refractivity contribution is 5.96. The van der Waals surface area contributed by atoms with Gasteiger partial charge in [-0.05, 0) is 187 Å². The summed E-state index contributed by atoms with van der Waals surface area (Å²) in [7, 11) is 0. The standard InChI is InChI=1S/C74H60N2/c1-49-43-63(75(59-37-33-55(34-38-59)51-21-11-7-12-22-51)61-31-19-29-57(45-61)53-25-15-9-16-26-53)47-67-69(49)65-41-42-66-70-50(2)44-64(48-68(70)74(5,6)72(66)71(65)73(67,3)4)76(60-39-35-56(36-40-60)52-23-13-8-14-24-52)62-32-20-30-58(46-62)54-27-17-10-18-28-54/h7-48H,1-6H3. The first-order chi connectivity index (χ1) is 37.0. The van der Waals surface area contributed by atoms with Gasteiger partial charge >= 0.3 is 0 Å². The number of nitrogens with zero attached hydrogens (tertiary/aromatic N) is 2. The van der Waals surface area contributed by atoms with Gasteiger partial charge in [0.05, 0.1) is 0 Å². The van der Waals surface area contributed by atoms with Crippen LogP contribution in [0.25, 0.3) is 66.8 Å². The number of anilines is 6. The van der Waals surface area contributed by atoms with Crippen LogP contribution < -0.4 is 9.80 Å². The minimum Gasteiger partial charge on any atom is -0.310 e. The average molecular weight is 977 g/mol. The number of benzene rings is 11. The third-order valence-electron chi connectivity index (χ3n) is 16.4. The highest BCUT2D eigenvalue weighted by atomic mass is 15.1. The highest BCUT2D eigenvalue weighted by Gasteiger charge is 2.47. The fourth-order valence-electron chi connectivity index (χ4n) is 12.8. The van der Waals surface area contributed by atoms with E-state index in [1.54, 1.807) is 0 Å². The molecule has 366 valence electrons. The van der Waals surface area contributed by atoms with E-state index in [1.807, 2.05) is 0 Å². The normalized spacial score (nSPS) is 13.3.